The summed E-state index contributed by atoms with van der Waals surface area (Å²) < 4.78 is 0. The first-order valence-corrected chi connectivity index (χ1v) is 13.6. The molecule has 3 aliphatic rings. The van der Waals surface area contributed by atoms with Crippen LogP contribution in [0.15, 0.2) is 48.5 Å². The Morgan fingerprint density at radius 1 is 0.943 bits per heavy atom. The zero-order valence-corrected chi connectivity index (χ0v) is 20.7. The monoisotopic (exact) mass is 492 g/mol. The number of thioether (sulfide) groups is 1. The van der Waals surface area contributed by atoms with E-state index in [0.717, 1.165) is 55.8 Å². The van der Waals surface area contributed by atoms with Crippen molar-refractivity contribution in [2.45, 2.75) is 44.3 Å². The summed E-state index contributed by atoms with van der Waals surface area (Å²) in [6.45, 7) is 2.48. The van der Waals surface area contributed by atoms with E-state index in [9.17, 15) is 14.4 Å². The zero-order chi connectivity index (χ0) is 24.2. The van der Waals surface area contributed by atoms with Gasteiger partial charge < -0.3 is 15.5 Å². The fourth-order valence-electron chi connectivity index (χ4n) is 4.31. The van der Waals surface area contributed by atoms with E-state index in [1.807, 2.05) is 59.1 Å². The Kier molecular flexibility index (Phi) is 7.39. The van der Waals surface area contributed by atoms with Gasteiger partial charge in [0.1, 0.15) is 0 Å². The molecule has 2 aliphatic carbocycles. The molecule has 0 unspecified atom stereocenters. The first-order valence-electron chi connectivity index (χ1n) is 12.5. The minimum Gasteiger partial charge on any atom is -0.349 e. The van der Waals surface area contributed by atoms with Crippen LogP contribution in [0.4, 0.5) is 5.69 Å². The standard InChI is InChI=1S/C27H32N4O3S/c32-25(28-23-3-1-2-21(16-23)27(34)30-12-14-35-15-13-30)18-31(24-10-11-24)17-19-4-6-20(7-5-19)26(33)29-22-8-9-22/h1-7,16,22,24H,8-15,17-18H2,(H,28,32)(H,29,33). The molecule has 0 bridgehead atoms. The molecule has 2 N–H and O–H groups in total. The second-order valence-corrected chi connectivity index (χ2v) is 10.8. The number of nitrogens with zero attached hydrogens (tertiary/aromatic N) is 2. The molecule has 1 saturated heterocycles. The SMILES string of the molecule is O=C(CN(Cc1ccc(C(=O)NC2CC2)cc1)C1CC1)Nc1cccc(C(=O)N2CCSCC2)c1. The van der Waals surface area contributed by atoms with Crippen molar-refractivity contribution in [3.8, 4) is 0 Å². The highest BCUT2D eigenvalue weighted by Crippen LogP contribution is 2.28. The molecular weight excluding hydrogens is 460 g/mol. The van der Waals surface area contributed by atoms with Crippen LogP contribution >= 0.6 is 11.8 Å². The van der Waals surface area contributed by atoms with Crippen molar-refractivity contribution in [3.05, 3.63) is 65.2 Å². The van der Waals surface area contributed by atoms with E-state index in [-0.39, 0.29) is 24.3 Å². The summed E-state index contributed by atoms with van der Waals surface area (Å²) in [5, 5.41) is 5.99. The van der Waals surface area contributed by atoms with Gasteiger partial charge in [-0.2, -0.15) is 11.8 Å². The number of nitrogens with one attached hydrogen (secondary N) is 2. The summed E-state index contributed by atoms with van der Waals surface area (Å²) in [7, 11) is 0. The van der Waals surface area contributed by atoms with Crippen LogP contribution in [-0.2, 0) is 11.3 Å². The molecule has 0 spiro atoms. The molecule has 2 aromatic rings. The van der Waals surface area contributed by atoms with Crippen LogP contribution < -0.4 is 10.6 Å². The van der Waals surface area contributed by atoms with Crippen molar-refractivity contribution in [2.75, 3.05) is 36.5 Å². The molecule has 1 heterocycles. The first kappa shape index (κ1) is 23.9. The van der Waals surface area contributed by atoms with Gasteiger partial charge in [0.05, 0.1) is 6.54 Å². The van der Waals surface area contributed by atoms with E-state index in [1.54, 1.807) is 6.07 Å². The minimum atomic E-state index is -0.0868. The Morgan fingerprint density at radius 3 is 2.37 bits per heavy atom. The first-order chi connectivity index (χ1) is 17.0. The quantitative estimate of drug-likeness (QED) is 0.561. The molecule has 2 aromatic carbocycles. The van der Waals surface area contributed by atoms with E-state index in [0.29, 0.717) is 35.4 Å². The van der Waals surface area contributed by atoms with Crippen LogP contribution in [0.1, 0.15) is 52.0 Å². The van der Waals surface area contributed by atoms with Crippen molar-refractivity contribution in [1.29, 1.82) is 0 Å². The molecule has 2 saturated carbocycles. The summed E-state index contributed by atoms with van der Waals surface area (Å²) in [6, 6.07) is 15.7. The zero-order valence-electron chi connectivity index (χ0n) is 19.9. The van der Waals surface area contributed by atoms with Crippen LogP contribution in [-0.4, -0.2) is 70.7 Å². The Balaban J connectivity index is 1.17. The van der Waals surface area contributed by atoms with Crippen molar-refractivity contribution in [1.82, 2.24) is 15.1 Å². The van der Waals surface area contributed by atoms with E-state index < -0.39 is 0 Å². The number of amides is 3. The Hall–Kier alpha value is -2.84. The highest BCUT2D eigenvalue weighted by atomic mass is 32.2. The van der Waals surface area contributed by atoms with Gasteiger partial charge in [-0.1, -0.05) is 18.2 Å². The van der Waals surface area contributed by atoms with Crippen LogP contribution in [0.25, 0.3) is 0 Å². The summed E-state index contributed by atoms with van der Waals surface area (Å²) in [6.07, 6.45) is 4.32. The number of hydrogen-bond acceptors (Lipinski definition) is 5. The second-order valence-electron chi connectivity index (χ2n) is 9.61. The maximum Gasteiger partial charge on any atom is 0.253 e. The van der Waals surface area contributed by atoms with Gasteiger partial charge in [0.25, 0.3) is 11.8 Å². The van der Waals surface area contributed by atoms with Gasteiger partial charge in [-0.05, 0) is 61.6 Å². The number of carbonyl (C=O) groups excluding carboxylic acids is 3. The number of carbonyl (C=O) groups is 3. The second kappa shape index (κ2) is 10.8. The molecule has 0 atom stereocenters. The molecule has 184 valence electrons. The largest absolute Gasteiger partial charge is 0.349 e. The highest BCUT2D eigenvalue weighted by molar-refractivity contribution is 7.99. The molecule has 0 aromatic heterocycles. The molecule has 0 radical (unpaired) electrons. The van der Waals surface area contributed by atoms with Crippen molar-refractivity contribution < 1.29 is 14.4 Å². The predicted octanol–water partition coefficient (Wildman–Crippen LogP) is 3.37. The molecular formula is C27H32N4O3S. The summed E-state index contributed by atoms with van der Waals surface area (Å²) in [5.41, 5.74) is 3.02. The smallest absolute Gasteiger partial charge is 0.253 e. The molecule has 3 amide bonds. The number of benzene rings is 2. The van der Waals surface area contributed by atoms with Gasteiger partial charge in [-0.3, -0.25) is 19.3 Å². The molecule has 35 heavy (non-hydrogen) atoms. The van der Waals surface area contributed by atoms with Gasteiger partial charge in [0.2, 0.25) is 5.91 Å². The lowest BCUT2D eigenvalue weighted by Gasteiger charge is -2.26. The molecule has 1 aliphatic heterocycles. The summed E-state index contributed by atoms with van der Waals surface area (Å²) >= 11 is 1.87. The van der Waals surface area contributed by atoms with Gasteiger partial charge in [0.15, 0.2) is 0 Å². The topological polar surface area (TPSA) is 81.8 Å². The highest BCUT2D eigenvalue weighted by Gasteiger charge is 2.30. The lowest BCUT2D eigenvalue weighted by atomic mass is 10.1. The van der Waals surface area contributed by atoms with Gasteiger partial charge in [0, 0.05) is 60.0 Å². The maximum atomic E-state index is 12.9. The van der Waals surface area contributed by atoms with Gasteiger partial charge in [-0.15, -0.1) is 0 Å². The average molecular weight is 493 g/mol. The maximum absolute atomic E-state index is 12.9. The van der Waals surface area contributed by atoms with E-state index >= 15 is 0 Å². The lowest BCUT2D eigenvalue weighted by molar-refractivity contribution is -0.117. The van der Waals surface area contributed by atoms with Crippen LogP contribution in [0, 0.1) is 0 Å². The van der Waals surface area contributed by atoms with E-state index in [1.165, 1.54) is 0 Å². The Bertz CT molecular complexity index is 1080. The van der Waals surface area contributed by atoms with Crippen molar-refractivity contribution in [3.63, 3.8) is 0 Å². The molecule has 7 nitrogen and oxygen atoms in total. The minimum absolute atomic E-state index is 0.0163. The van der Waals surface area contributed by atoms with Crippen molar-refractivity contribution in [2.24, 2.45) is 0 Å². The molecule has 8 heteroatoms. The van der Waals surface area contributed by atoms with Crippen LogP contribution in [0.5, 0.6) is 0 Å². The fraction of sp³-hybridized carbons (Fsp3) is 0.444. The average Bonchev–Trinajstić information content (AvgIpc) is 3.79. The number of hydrogen-bond donors (Lipinski definition) is 2. The summed E-state index contributed by atoms with van der Waals surface area (Å²) in [5.74, 6) is 1.86. The van der Waals surface area contributed by atoms with Crippen molar-refractivity contribution >= 4 is 35.2 Å². The third-order valence-corrected chi connectivity index (χ3v) is 7.56. The van der Waals surface area contributed by atoms with Crippen LogP contribution in [0.2, 0.25) is 0 Å². The predicted molar refractivity (Wildman–Crippen MR) is 139 cm³/mol. The number of anilines is 1. The fourth-order valence-corrected chi connectivity index (χ4v) is 5.21. The molecule has 3 fully saturated rings. The summed E-state index contributed by atoms with van der Waals surface area (Å²) in [4.78, 5) is 42.0. The van der Waals surface area contributed by atoms with E-state index in [2.05, 4.69) is 15.5 Å². The lowest BCUT2D eigenvalue weighted by Crippen LogP contribution is -2.38. The molecule has 5 rings (SSSR count). The normalized spacial score (nSPS) is 17.8. The third kappa shape index (κ3) is 6.64. The van der Waals surface area contributed by atoms with E-state index in [4.69, 9.17) is 0 Å². The van der Waals surface area contributed by atoms with Crippen LogP contribution in [0.3, 0.4) is 0 Å². The third-order valence-electron chi connectivity index (χ3n) is 6.62. The Morgan fingerprint density at radius 2 is 1.69 bits per heavy atom. The van der Waals surface area contributed by atoms with Gasteiger partial charge >= 0.3 is 0 Å². The van der Waals surface area contributed by atoms with Gasteiger partial charge in [-0.25, -0.2) is 0 Å². The number of rotatable bonds is 9. The Labute approximate surface area is 210 Å².